The lowest BCUT2D eigenvalue weighted by Crippen LogP contribution is -2.05. The maximum Gasteiger partial charge on any atom is 0.416 e. The number of carbonyl (C=O) groups excluding carboxylic acids is 1. The number of esters is 1. The molecule has 10 heteroatoms. The standard InChI is InChI=1S/C22H14F6O4/c1-30-20(29)13-8-18(31-16-6-2-4-14(10-16)21(23,24)25)12-19(9-13)32-17-7-3-5-15(11-17)22(26,27)28/h2-12H,1H3. The van der Waals surface area contributed by atoms with Gasteiger partial charge in [-0.2, -0.15) is 26.3 Å². The molecule has 3 rings (SSSR count). The van der Waals surface area contributed by atoms with Crippen molar-refractivity contribution < 1.29 is 45.3 Å². The van der Waals surface area contributed by atoms with Crippen molar-refractivity contribution in [2.45, 2.75) is 12.4 Å². The van der Waals surface area contributed by atoms with E-state index in [1.165, 1.54) is 30.3 Å². The van der Waals surface area contributed by atoms with Gasteiger partial charge >= 0.3 is 18.3 Å². The number of hydrogen-bond donors (Lipinski definition) is 0. The van der Waals surface area contributed by atoms with Crippen LogP contribution in [0.15, 0.2) is 66.7 Å². The van der Waals surface area contributed by atoms with Gasteiger partial charge in [0.15, 0.2) is 0 Å². The van der Waals surface area contributed by atoms with Crippen LogP contribution in [-0.4, -0.2) is 13.1 Å². The zero-order valence-corrected chi connectivity index (χ0v) is 16.3. The predicted octanol–water partition coefficient (Wildman–Crippen LogP) is 7.10. The largest absolute Gasteiger partial charge is 0.465 e. The van der Waals surface area contributed by atoms with Gasteiger partial charge in [-0.15, -0.1) is 0 Å². The molecule has 168 valence electrons. The lowest BCUT2D eigenvalue weighted by Gasteiger charge is -2.13. The van der Waals surface area contributed by atoms with Gasteiger partial charge in [-0.3, -0.25) is 0 Å². The maximum absolute atomic E-state index is 12.9. The Labute approximate surface area is 178 Å². The molecule has 32 heavy (non-hydrogen) atoms. The van der Waals surface area contributed by atoms with Crippen molar-refractivity contribution in [3.63, 3.8) is 0 Å². The van der Waals surface area contributed by atoms with E-state index in [2.05, 4.69) is 4.74 Å². The summed E-state index contributed by atoms with van der Waals surface area (Å²) in [6, 6.07) is 11.7. The van der Waals surface area contributed by atoms with E-state index in [1.54, 1.807) is 0 Å². The van der Waals surface area contributed by atoms with Crippen molar-refractivity contribution in [3.8, 4) is 23.0 Å². The molecule has 0 atom stereocenters. The first-order chi connectivity index (χ1) is 15.0. The quantitative estimate of drug-likeness (QED) is 0.304. The van der Waals surface area contributed by atoms with Crippen LogP contribution in [0.1, 0.15) is 21.5 Å². The SMILES string of the molecule is COC(=O)c1cc(Oc2cccc(C(F)(F)F)c2)cc(Oc2cccc(C(F)(F)F)c2)c1. The second kappa shape index (κ2) is 8.81. The third kappa shape index (κ3) is 5.71. The van der Waals surface area contributed by atoms with E-state index in [9.17, 15) is 31.1 Å². The molecular formula is C22H14F6O4. The topological polar surface area (TPSA) is 44.8 Å². The Hall–Kier alpha value is -3.69. The van der Waals surface area contributed by atoms with Crippen LogP contribution >= 0.6 is 0 Å². The van der Waals surface area contributed by atoms with Crippen LogP contribution in [0.2, 0.25) is 0 Å². The van der Waals surface area contributed by atoms with Crippen molar-refractivity contribution in [2.24, 2.45) is 0 Å². The van der Waals surface area contributed by atoms with Crippen LogP contribution in [0.25, 0.3) is 0 Å². The lowest BCUT2D eigenvalue weighted by molar-refractivity contribution is -0.138. The zero-order valence-electron chi connectivity index (χ0n) is 16.3. The summed E-state index contributed by atoms with van der Waals surface area (Å²) in [4.78, 5) is 12.0. The van der Waals surface area contributed by atoms with Gasteiger partial charge in [-0.25, -0.2) is 4.79 Å². The molecule has 0 N–H and O–H groups in total. The normalized spacial score (nSPS) is 11.7. The summed E-state index contributed by atoms with van der Waals surface area (Å²) < 4.78 is 93.1. The summed E-state index contributed by atoms with van der Waals surface area (Å²) in [5.74, 6) is -1.34. The third-order valence-corrected chi connectivity index (χ3v) is 4.10. The molecule has 0 aliphatic carbocycles. The molecule has 0 aliphatic heterocycles. The molecule has 0 amide bonds. The maximum atomic E-state index is 12.9. The number of rotatable bonds is 5. The molecule has 0 saturated carbocycles. The number of benzene rings is 3. The highest BCUT2D eigenvalue weighted by atomic mass is 19.4. The fourth-order valence-corrected chi connectivity index (χ4v) is 2.67. The first-order valence-electron chi connectivity index (χ1n) is 8.89. The molecule has 0 bridgehead atoms. The Kier molecular flexibility index (Phi) is 6.33. The number of methoxy groups -OCH3 is 1. The molecule has 3 aromatic rings. The fourth-order valence-electron chi connectivity index (χ4n) is 2.67. The van der Waals surface area contributed by atoms with Crippen LogP contribution in [-0.2, 0) is 17.1 Å². The van der Waals surface area contributed by atoms with Crippen LogP contribution in [0.4, 0.5) is 26.3 Å². The van der Waals surface area contributed by atoms with Gasteiger partial charge in [0.1, 0.15) is 23.0 Å². The van der Waals surface area contributed by atoms with E-state index in [0.29, 0.717) is 0 Å². The molecule has 0 aromatic heterocycles. The third-order valence-electron chi connectivity index (χ3n) is 4.10. The fraction of sp³-hybridized carbons (Fsp3) is 0.136. The molecule has 0 unspecified atom stereocenters. The Morgan fingerprint density at radius 1 is 0.656 bits per heavy atom. The van der Waals surface area contributed by atoms with Gasteiger partial charge in [0.2, 0.25) is 0 Å². The molecule has 4 nitrogen and oxygen atoms in total. The Balaban J connectivity index is 1.95. The van der Waals surface area contributed by atoms with Crippen molar-refractivity contribution >= 4 is 5.97 Å². The molecule has 0 aliphatic rings. The minimum Gasteiger partial charge on any atom is -0.465 e. The minimum absolute atomic E-state index is 0.0843. The predicted molar refractivity (Wildman–Crippen MR) is 101 cm³/mol. The summed E-state index contributed by atoms with van der Waals surface area (Å²) in [6.45, 7) is 0. The van der Waals surface area contributed by atoms with Gasteiger partial charge in [0.25, 0.3) is 0 Å². The number of halogens is 6. The number of alkyl halides is 6. The summed E-state index contributed by atoms with van der Waals surface area (Å²) in [5, 5.41) is 0. The van der Waals surface area contributed by atoms with Crippen molar-refractivity contribution in [1.82, 2.24) is 0 Å². The van der Waals surface area contributed by atoms with Crippen LogP contribution in [0.5, 0.6) is 23.0 Å². The average molecular weight is 456 g/mol. The summed E-state index contributed by atoms with van der Waals surface area (Å²) in [6.07, 6.45) is -9.18. The van der Waals surface area contributed by atoms with Gasteiger partial charge in [0.05, 0.1) is 23.8 Å². The lowest BCUT2D eigenvalue weighted by atomic mass is 10.2. The average Bonchev–Trinajstić information content (AvgIpc) is 2.72. The Morgan fingerprint density at radius 3 is 1.47 bits per heavy atom. The van der Waals surface area contributed by atoms with Gasteiger partial charge in [0, 0.05) is 6.07 Å². The first kappa shape index (κ1) is 23.0. The summed E-state index contributed by atoms with van der Waals surface area (Å²) in [5.41, 5.74) is -1.97. The highest BCUT2D eigenvalue weighted by Gasteiger charge is 2.31. The number of hydrogen-bond acceptors (Lipinski definition) is 4. The number of carbonyl (C=O) groups is 1. The molecular weight excluding hydrogens is 442 g/mol. The Bertz CT molecular complexity index is 1040. The Morgan fingerprint density at radius 2 is 1.09 bits per heavy atom. The summed E-state index contributed by atoms with van der Waals surface area (Å²) >= 11 is 0. The first-order valence-corrected chi connectivity index (χ1v) is 8.89. The van der Waals surface area contributed by atoms with Crippen molar-refractivity contribution in [1.29, 1.82) is 0 Å². The molecule has 3 aromatic carbocycles. The molecule has 0 radical (unpaired) electrons. The van der Waals surface area contributed by atoms with Crippen LogP contribution < -0.4 is 9.47 Å². The van der Waals surface area contributed by atoms with E-state index in [-0.39, 0.29) is 28.6 Å². The second-order valence-electron chi connectivity index (χ2n) is 6.44. The van der Waals surface area contributed by atoms with Gasteiger partial charge in [-0.1, -0.05) is 12.1 Å². The van der Waals surface area contributed by atoms with E-state index in [0.717, 1.165) is 43.5 Å². The van der Waals surface area contributed by atoms with E-state index in [1.807, 2.05) is 0 Å². The van der Waals surface area contributed by atoms with Crippen LogP contribution in [0.3, 0.4) is 0 Å². The molecule has 0 fully saturated rings. The van der Waals surface area contributed by atoms with E-state index < -0.39 is 29.4 Å². The molecule has 0 saturated heterocycles. The highest BCUT2D eigenvalue weighted by Crippen LogP contribution is 2.36. The monoisotopic (exact) mass is 456 g/mol. The van der Waals surface area contributed by atoms with Gasteiger partial charge < -0.3 is 14.2 Å². The van der Waals surface area contributed by atoms with E-state index in [4.69, 9.17) is 9.47 Å². The van der Waals surface area contributed by atoms with Crippen molar-refractivity contribution in [2.75, 3.05) is 7.11 Å². The van der Waals surface area contributed by atoms with Crippen molar-refractivity contribution in [3.05, 3.63) is 83.4 Å². The van der Waals surface area contributed by atoms with Gasteiger partial charge in [-0.05, 0) is 48.5 Å². The zero-order chi connectivity index (χ0) is 23.5. The highest BCUT2D eigenvalue weighted by molar-refractivity contribution is 5.90. The number of ether oxygens (including phenoxy) is 3. The van der Waals surface area contributed by atoms with E-state index >= 15 is 0 Å². The summed E-state index contributed by atoms with van der Waals surface area (Å²) in [7, 11) is 1.11. The molecule has 0 heterocycles. The second-order valence-corrected chi connectivity index (χ2v) is 6.44. The minimum atomic E-state index is -4.59. The smallest absolute Gasteiger partial charge is 0.416 e. The van der Waals surface area contributed by atoms with Crippen LogP contribution in [0, 0.1) is 0 Å². The molecule has 0 spiro atoms.